The molecule has 3 rings (SSSR count). The molecule has 6 nitrogen and oxygen atoms in total. The van der Waals surface area contributed by atoms with Crippen molar-refractivity contribution in [3.8, 4) is 0 Å². The zero-order valence-electron chi connectivity index (χ0n) is 14.3. The van der Waals surface area contributed by atoms with Crippen LogP contribution in [0, 0.1) is 0 Å². The molecule has 2 heterocycles. The number of rotatable bonds is 6. The van der Waals surface area contributed by atoms with Crippen molar-refractivity contribution in [1.29, 1.82) is 0 Å². The largest absolute Gasteiger partial charge is 0.478 e. The molecule has 2 atom stereocenters. The minimum absolute atomic E-state index is 0.0595. The molecule has 1 N–H and O–H groups in total. The normalized spacial score (nSPS) is 20.1. The molecule has 2 aromatic rings. The van der Waals surface area contributed by atoms with Gasteiger partial charge in [0.25, 0.3) is 0 Å². The average Bonchev–Trinajstić information content (AvgIpc) is 3.26. The quantitative estimate of drug-likeness (QED) is 0.743. The first-order valence-electron chi connectivity index (χ1n) is 8.25. The maximum absolute atomic E-state index is 12.8. The zero-order chi connectivity index (χ0) is 20.5. The smallest absolute Gasteiger partial charge is 0.434 e. The van der Waals surface area contributed by atoms with Crippen LogP contribution >= 0.6 is 0 Å². The predicted molar refractivity (Wildman–Crippen MR) is 87.4 cm³/mol. The number of nitrogens with zero attached hydrogens (tertiary/aromatic N) is 3. The van der Waals surface area contributed by atoms with Gasteiger partial charge in [0.05, 0.1) is 30.6 Å². The molecule has 152 valence electrons. The summed E-state index contributed by atoms with van der Waals surface area (Å²) in [5.41, 5.74) is -0.409. The molecule has 11 heteroatoms. The second-order valence-electron chi connectivity index (χ2n) is 6.35. The number of ether oxygens (including phenoxy) is 1. The van der Waals surface area contributed by atoms with Crippen molar-refractivity contribution in [3.63, 3.8) is 0 Å². The molecule has 28 heavy (non-hydrogen) atoms. The van der Waals surface area contributed by atoms with Gasteiger partial charge in [0.1, 0.15) is 0 Å². The van der Waals surface area contributed by atoms with Crippen LogP contribution in [0.3, 0.4) is 0 Å². The van der Waals surface area contributed by atoms with Crippen molar-refractivity contribution in [2.45, 2.75) is 31.3 Å². The van der Waals surface area contributed by atoms with Gasteiger partial charge in [-0.2, -0.15) is 22.0 Å². The highest BCUT2D eigenvalue weighted by Crippen LogP contribution is 2.34. The molecule has 0 unspecified atom stereocenters. The lowest BCUT2D eigenvalue weighted by atomic mass is 10.1. The number of hydrogen-bond donors (Lipinski definition) is 1. The summed E-state index contributed by atoms with van der Waals surface area (Å²) >= 11 is 0. The van der Waals surface area contributed by atoms with E-state index in [-0.39, 0.29) is 25.1 Å². The summed E-state index contributed by atoms with van der Waals surface area (Å²) in [5, 5.41) is 8.98. The summed E-state index contributed by atoms with van der Waals surface area (Å²) in [7, 11) is 0. The van der Waals surface area contributed by atoms with E-state index in [1.54, 1.807) is 4.90 Å². The standard InChI is InChI=1S/C17H16F5N3O3/c18-16(19)28-8-13-5-12(24-7-14(23-9-24)17(20,21)22)6-25(13)11-3-1-10(2-4-11)15(26)27/h1-4,7,9,12-13,16H,5-6,8H2,(H,26,27)/t12-,13-/m0/s1. The van der Waals surface area contributed by atoms with Crippen molar-refractivity contribution >= 4 is 11.7 Å². The third kappa shape index (κ3) is 4.41. The number of carbonyl (C=O) groups is 1. The number of halogens is 5. The first-order chi connectivity index (χ1) is 13.1. The number of aromatic carboxylic acids is 1. The SMILES string of the molecule is O=C(O)c1ccc(N2C[C@@H](n3cnc(C(F)(F)F)c3)C[C@H]2COC(F)F)cc1. The average molecular weight is 405 g/mol. The van der Waals surface area contributed by atoms with Crippen LogP contribution in [0.1, 0.15) is 28.5 Å². The topological polar surface area (TPSA) is 67.6 Å². The summed E-state index contributed by atoms with van der Waals surface area (Å²) in [4.78, 5) is 16.1. The number of hydrogen-bond acceptors (Lipinski definition) is 4. The highest BCUT2D eigenvalue weighted by Gasteiger charge is 2.37. The Balaban J connectivity index is 1.82. The van der Waals surface area contributed by atoms with E-state index in [2.05, 4.69) is 9.72 Å². The maximum Gasteiger partial charge on any atom is 0.434 e. The van der Waals surface area contributed by atoms with Crippen LogP contribution in [-0.2, 0) is 10.9 Å². The van der Waals surface area contributed by atoms with E-state index in [9.17, 15) is 26.7 Å². The van der Waals surface area contributed by atoms with Gasteiger partial charge >= 0.3 is 18.8 Å². The number of aromatic nitrogens is 2. The highest BCUT2D eigenvalue weighted by atomic mass is 19.4. The minimum atomic E-state index is -4.58. The molecule has 1 aliphatic rings. The third-order valence-electron chi connectivity index (χ3n) is 4.57. The van der Waals surface area contributed by atoms with Crippen LogP contribution < -0.4 is 4.90 Å². The predicted octanol–water partition coefficient (Wildman–Crippen LogP) is 3.66. The molecule has 1 aromatic carbocycles. The Hall–Kier alpha value is -2.69. The monoisotopic (exact) mass is 405 g/mol. The molecular weight excluding hydrogens is 389 g/mol. The number of imidazole rings is 1. The molecule has 0 bridgehead atoms. The minimum Gasteiger partial charge on any atom is -0.478 e. The Morgan fingerprint density at radius 3 is 2.50 bits per heavy atom. The van der Waals surface area contributed by atoms with E-state index < -0.39 is 36.5 Å². The van der Waals surface area contributed by atoms with E-state index in [1.807, 2.05) is 0 Å². The van der Waals surface area contributed by atoms with E-state index in [1.165, 1.54) is 28.8 Å². The Morgan fingerprint density at radius 2 is 1.96 bits per heavy atom. The van der Waals surface area contributed by atoms with Gasteiger partial charge in [0, 0.05) is 18.4 Å². The van der Waals surface area contributed by atoms with Crippen molar-refractivity contribution < 1.29 is 36.6 Å². The summed E-state index contributed by atoms with van der Waals surface area (Å²) in [6, 6.07) is 4.83. The van der Waals surface area contributed by atoms with Gasteiger partial charge < -0.3 is 19.3 Å². The van der Waals surface area contributed by atoms with E-state index >= 15 is 0 Å². The molecule has 0 aliphatic carbocycles. The number of alkyl halides is 5. The lowest BCUT2D eigenvalue weighted by Crippen LogP contribution is -2.33. The summed E-state index contributed by atoms with van der Waals surface area (Å²) in [5.74, 6) is -1.11. The first kappa shape index (κ1) is 20.1. The van der Waals surface area contributed by atoms with E-state index in [4.69, 9.17) is 5.11 Å². The molecule has 0 saturated carbocycles. The second kappa shape index (κ2) is 7.74. The number of carboxylic acid groups (broad SMARTS) is 1. The van der Waals surface area contributed by atoms with Gasteiger partial charge in [0.15, 0.2) is 5.69 Å². The molecule has 1 fully saturated rings. The van der Waals surface area contributed by atoms with Crippen LogP contribution in [0.25, 0.3) is 0 Å². The summed E-state index contributed by atoms with van der Waals surface area (Å²) in [6.45, 7) is -3.06. The van der Waals surface area contributed by atoms with Crippen molar-refractivity contribution in [2.24, 2.45) is 0 Å². The lowest BCUT2D eigenvalue weighted by Gasteiger charge is -2.26. The Kier molecular flexibility index (Phi) is 5.54. The van der Waals surface area contributed by atoms with Gasteiger partial charge in [-0.25, -0.2) is 9.78 Å². The van der Waals surface area contributed by atoms with E-state index in [0.29, 0.717) is 5.69 Å². The molecule has 0 radical (unpaired) electrons. The van der Waals surface area contributed by atoms with Gasteiger partial charge in [0.2, 0.25) is 0 Å². The van der Waals surface area contributed by atoms with Crippen molar-refractivity contribution in [2.75, 3.05) is 18.1 Å². The maximum atomic E-state index is 12.8. The fourth-order valence-electron chi connectivity index (χ4n) is 3.24. The Bertz CT molecular complexity index is 822. The van der Waals surface area contributed by atoms with Crippen LogP contribution in [0.2, 0.25) is 0 Å². The van der Waals surface area contributed by atoms with Crippen LogP contribution in [0.4, 0.5) is 27.6 Å². The lowest BCUT2D eigenvalue weighted by molar-refractivity contribution is -0.141. The fourth-order valence-corrected chi connectivity index (χ4v) is 3.24. The molecule has 1 saturated heterocycles. The first-order valence-corrected chi connectivity index (χ1v) is 8.25. The molecule has 0 spiro atoms. The van der Waals surface area contributed by atoms with Crippen LogP contribution in [-0.4, -0.2) is 46.4 Å². The van der Waals surface area contributed by atoms with Gasteiger partial charge in [-0.3, -0.25) is 0 Å². The number of benzene rings is 1. The van der Waals surface area contributed by atoms with E-state index in [0.717, 1.165) is 12.5 Å². The third-order valence-corrected chi connectivity index (χ3v) is 4.57. The second-order valence-corrected chi connectivity index (χ2v) is 6.35. The van der Waals surface area contributed by atoms with Crippen molar-refractivity contribution in [1.82, 2.24) is 9.55 Å². The molecule has 0 amide bonds. The number of anilines is 1. The number of carboxylic acids is 1. The molecular formula is C17H16F5N3O3. The Morgan fingerprint density at radius 1 is 1.29 bits per heavy atom. The van der Waals surface area contributed by atoms with Crippen molar-refractivity contribution in [3.05, 3.63) is 48.0 Å². The highest BCUT2D eigenvalue weighted by molar-refractivity contribution is 5.88. The summed E-state index contributed by atoms with van der Waals surface area (Å²) in [6.07, 6.45) is -2.36. The molecule has 1 aliphatic heterocycles. The Labute approximate surface area is 156 Å². The zero-order valence-corrected chi connectivity index (χ0v) is 14.3. The van der Waals surface area contributed by atoms with Gasteiger partial charge in [-0.05, 0) is 30.7 Å². The van der Waals surface area contributed by atoms with Gasteiger partial charge in [-0.1, -0.05) is 0 Å². The van der Waals surface area contributed by atoms with Crippen LogP contribution in [0.15, 0.2) is 36.8 Å². The summed E-state index contributed by atoms with van der Waals surface area (Å²) < 4.78 is 69.0. The fraction of sp³-hybridized carbons (Fsp3) is 0.412. The van der Waals surface area contributed by atoms with Gasteiger partial charge in [-0.15, -0.1) is 0 Å². The molecule has 1 aromatic heterocycles. The van der Waals surface area contributed by atoms with Crippen LogP contribution in [0.5, 0.6) is 0 Å².